The Labute approximate surface area is 161 Å². The van der Waals surface area contributed by atoms with Crippen molar-refractivity contribution in [2.75, 3.05) is 32.8 Å². The normalized spacial score (nSPS) is 23.8. The van der Waals surface area contributed by atoms with Crippen LogP contribution in [0.4, 0.5) is 0 Å². The first kappa shape index (κ1) is 19.8. The third-order valence-electron chi connectivity index (χ3n) is 5.69. The van der Waals surface area contributed by atoms with Crippen molar-refractivity contribution < 1.29 is 14.3 Å². The van der Waals surface area contributed by atoms with E-state index in [0.717, 1.165) is 31.5 Å². The third kappa shape index (κ3) is 5.08. The molecule has 0 spiro atoms. The zero-order chi connectivity index (χ0) is 19.4. The van der Waals surface area contributed by atoms with Crippen LogP contribution < -0.4 is 5.32 Å². The number of piperidine rings is 1. The fourth-order valence-corrected chi connectivity index (χ4v) is 3.83. The number of hydrogen-bond acceptors (Lipinski definition) is 4. The molecule has 2 aliphatic heterocycles. The van der Waals surface area contributed by atoms with Crippen LogP contribution in [0.3, 0.4) is 0 Å². The van der Waals surface area contributed by atoms with Gasteiger partial charge in [-0.2, -0.15) is 0 Å². The fourth-order valence-electron chi connectivity index (χ4n) is 3.83. The summed E-state index contributed by atoms with van der Waals surface area (Å²) in [5, 5.41) is 3.16. The zero-order valence-electron chi connectivity index (χ0n) is 16.6. The minimum Gasteiger partial charge on any atom is -0.370 e. The summed E-state index contributed by atoms with van der Waals surface area (Å²) < 4.78 is 6.06. The van der Waals surface area contributed by atoms with Crippen molar-refractivity contribution in [3.63, 3.8) is 0 Å². The van der Waals surface area contributed by atoms with E-state index in [1.165, 1.54) is 0 Å². The topological polar surface area (TPSA) is 61.9 Å². The number of rotatable bonds is 4. The van der Waals surface area contributed by atoms with Gasteiger partial charge in [-0.25, -0.2) is 0 Å². The molecule has 2 amide bonds. The molecule has 0 saturated carbocycles. The lowest BCUT2D eigenvalue weighted by Gasteiger charge is -2.45. The average molecular weight is 373 g/mol. The second-order valence-corrected chi connectivity index (χ2v) is 8.25. The van der Waals surface area contributed by atoms with Crippen molar-refractivity contribution in [2.24, 2.45) is 0 Å². The SMILES string of the molecule is CC(=O)N1CCC(NC(=O)CN2CC(c3ccccc3)OCC2(C)C)CC1. The molecule has 0 aromatic heterocycles. The van der Waals surface area contributed by atoms with Crippen LogP contribution in [0.15, 0.2) is 30.3 Å². The lowest BCUT2D eigenvalue weighted by atomic mass is 9.98. The summed E-state index contributed by atoms with van der Waals surface area (Å²) in [6.07, 6.45) is 1.64. The first-order valence-electron chi connectivity index (χ1n) is 9.81. The molecule has 1 aromatic rings. The van der Waals surface area contributed by atoms with Crippen LogP contribution in [0, 0.1) is 0 Å². The van der Waals surface area contributed by atoms with Crippen molar-refractivity contribution in [3.05, 3.63) is 35.9 Å². The van der Waals surface area contributed by atoms with Crippen LogP contribution in [0.25, 0.3) is 0 Å². The van der Waals surface area contributed by atoms with E-state index in [9.17, 15) is 9.59 Å². The molecule has 0 radical (unpaired) electrons. The van der Waals surface area contributed by atoms with Gasteiger partial charge in [0, 0.05) is 38.1 Å². The lowest BCUT2D eigenvalue weighted by Crippen LogP contribution is -2.57. The number of nitrogens with zero attached hydrogens (tertiary/aromatic N) is 2. The number of likely N-dealkylation sites (tertiary alicyclic amines) is 1. The van der Waals surface area contributed by atoms with E-state index < -0.39 is 0 Å². The van der Waals surface area contributed by atoms with Gasteiger partial charge in [0.25, 0.3) is 0 Å². The van der Waals surface area contributed by atoms with Crippen molar-refractivity contribution in [1.82, 2.24) is 15.1 Å². The van der Waals surface area contributed by atoms with E-state index >= 15 is 0 Å². The Morgan fingerprint density at radius 2 is 1.85 bits per heavy atom. The Bertz CT molecular complexity index is 654. The molecule has 1 aromatic carbocycles. The first-order valence-corrected chi connectivity index (χ1v) is 9.81. The Morgan fingerprint density at radius 3 is 2.48 bits per heavy atom. The standard InChI is InChI=1S/C21H31N3O3/c1-16(25)23-11-9-18(10-12-23)22-20(26)14-24-13-19(27-15-21(24,2)3)17-7-5-4-6-8-17/h4-8,18-19H,9-15H2,1-3H3,(H,22,26). The Balaban J connectivity index is 1.54. The number of morpholine rings is 1. The van der Waals surface area contributed by atoms with Gasteiger partial charge in [0.15, 0.2) is 0 Å². The number of hydrogen-bond donors (Lipinski definition) is 1. The van der Waals surface area contributed by atoms with Crippen molar-refractivity contribution in [2.45, 2.75) is 51.3 Å². The van der Waals surface area contributed by atoms with Gasteiger partial charge in [-0.05, 0) is 32.3 Å². The minimum absolute atomic E-state index is 0.00849. The predicted octanol–water partition coefficient (Wildman–Crippen LogP) is 1.97. The molecule has 148 valence electrons. The van der Waals surface area contributed by atoms with Gasteiger partial charge in [0.1, 0.15) is 0 Å². The molecular weight excluding hydrogens is 342 g/mol. The summed E-state index contributed by atoms with van der Waals surface area (Å²) in [5.74, 6) is 0.167. The summed E-state index contributed by atoms with van der Waals surface area (Å²) in [6, 6.07) is 10.3. The van der Waals surface area contributed by atoms with Crippen molar-refractivity contribution >= 4 is 11.8 Å². The molecule has 27 heavy (non-hydrogen) atoms. The van der Waals surface area contributed by atoms with E-state index in [0.29, 0.717) is 19.7 Å². The fraction of sp³-hybridized carbons (Fsp3) is 0.619. The highest BCUT2D eigenvalue weighted by Crippen LogP contribution is 2.29. The average Bonchev–Trinajstić information content (AvgIpc) is 2.64. The monoisotopic (exact) mass is 373 g/mol. The van der Waals surface area contributed by atoms with Crippen molar-refractivity contribution in [1.29, 1.82) is 0 Å². The van der Waals surface area contributed by atoms with Gasteiger partial charge < -0.3 is 15.0 Å². The largest absolute Gasteiger partial charge is 0.370 e. The maximum Gasteiger partial charge on any atom is 0.234 e. The van der Waals surface area contributed by atoms with E-state index in [4.69, 9.17) is 4.74 Å². The van der Waals surface area contributed by atoms with E-state index in [1.807, 2.05) is 23.1 Å². The molecule has 1 unspecified atom stereocenters. The summed E-state index contributed by atoms with van der Waals surface area (Å²) in [7, 11) is 0. The van der Waals surface area contributed by atoms with Crippen LogP contribution in [-0.4, -0.2) is 66.0 Å². The number of carbonyl (C=O) groups excluding carboxylic acids is 2. The highest BCUT2D eigenvalue weighted by Gasteiger charge is 2.36. The zero-order valence-corrected chi connectivity index (χ0v) is 16.6. The molecule has 0 aliphatic carbocycles. The second kappa shape index (κ2) is 8.40. The van der Waals surface area contributed by atoms with Gasteiger partial charge >= 0.3 is 0 Å². The minimum atomic E-state index is -0.180. The van der Waals surface area contributed by atoms with Gasteiger partial charge in [-0.1, -0.05) is 30.3 Å². The summed E-state index contributed by atoms with van der Waals surface area (Å²) in [4.78, 5) is 28.1. The van der Waals surface area contributed by atoms with Crippen LogP contribution in [0.1, 0.15) is 45.3 Å². The van der Waals surface area contributed by atoms with E-state index in [1.54, 1.807) is 6.92 Å². The summed E-state index contributed by atoms with van der Waals surface area (Å²) >= 11 is 0. The molecule has 2 saturated heterocycles. The predicted molar refractivity (Wildman–Crippen MR) is 104 cm³/mol. The molecule has 6 heteroatoms. The maximum atomic E-state index is 12.7. The van der Waals surface area contributed by atoms with Gasteiger partial charge in [-0.3, -0.25) is 14.5 Å². The highest BCUT2D eigenvalue weighted by molar-refractivity contribution is 5.78. The van der Waals surface area contributed by atoms with Gasteiger partial charge in [-0.15, -0.1) is 0 Å². The molecule has 2 heterocycles. The maximum absolute atomic E-state index is 12.7. The Kier molecular flexibility index (Phi) is 6.17. The smallest absolute Gasteiger partial charge is 0.234 e. The highest BCUT2D eigenvalue weighted by atomic mass is 16.5. The first-order chi connectivity index (χ1) is 12.8. The molecule has 2 aliphatic rings. The lowest BCUT2D eigenvalue weighted by molar-refractivity contribution is -0.134. The Morgan fingerprint density at radius 1 is 1.19 bits per heavy atom. The molecule has 3 rings (SSSR count). The summed E-state index contributed by atoms with van der Waals surface area (Å²) in [6.45, 7) is 8.94. The second-order valence-electron chi connectivity index (χ2n) is 8.25. The van der Waals surface area contributed by atoms with Crippen LogP contribution in [0.5, 0.6) is 0 Å². The summed E-state index contributed by atoms with van der Waals surface area (Å²) in [5.41, 5.74) is 0.968. The van der Waals surface area contributed by atoms with E-state index in [-0.39, 0.29) is 29.5 Å². The molecular formula is C21H31N3O3. The van der Waals surface area contributed by atoms with Crippen LogP contribution >= 0.6 is 0 Å². The molecule has 1 N–H and O–H groups in total. The number of nitrogens with one attached hydrogen (secondary N) is 1. The van der Waals surface area contributed by atoms with E-state index in [2.05, 4.69) is 36.2 Å². The number of carbonyl (C=O) groups is 2. The molecule has 1 atom stereocenters. The van der Waals surface area contributed by atoms with Crippen molar-refractivity contribution in [3.8, 4) is 0 Å². The number of ether oxygens (including phenoxy) is 1. The van der Waals surface area contributed by atoms with Crippen LogP contribution in [0.2, 0.25) is 0 Å². The van der Waals surface area contributed by atoms with Gasteiger partial charge in [0.2, 0.25) is 11.8 Å². The third-order valence-corrected chi connectivity index (χ3v) is 5.69. The molecule has 2 fully saturated rings. The number of amides is 2. The molecule has 6 nitrogen and oxygen atoms in total. The quantitative estimate of drug-likeness (QED) is 0.877. The Hall–Kier alpha value is -1.92. The van der Waals surface area contributed by atoms with Gasteiger partial charge in [0.05, 0.1) is 19.3 Å². The van der Waals surface area contributed by atoms with Crippen LogP contribution in [-0.2, 0) is 14.3 Å². The number of benzene rings is 1. The molecule has 0 bridgehead atoms.